The molecule has 0 amide bonds. The van der Waals surface area contributed by atoms with Crippen molar-refractivity contribution in [3.05, 3.63) is 33.8 Å². The van der Waals surface area contributed by atoms with Gasteiger partial charge in [0.15, 0.2) is 0 Å². The first-order chi connectivity index (χ1) is 6.70. The van der Waals surface area contributed by atoms with Crippen LogP contribution in [0, 0.1) is 6.92 Å². The van der Waals surface area contributed by atoms with E-state index >= 15 is 0 Å². The molecule has 1 aromatic rings. The summed E-state index contributed by atoms with van der Waals surface area (Å²) in [6.45, 7) is 4.25. The molecule has 1 unspecified atom stereocenters. The minimum atomic E-state index is 0.245. The first-order valence-corrected chi connectivity index (χ1v) is 5.71. The number of halogens is 1. The quantitative estimate of drug-likeness (QED) is 0.642. The number of rotatable bonds is 4. The van der Waals surface area contributed by atoms with Gasteiger partial charge in [0.05, 0.1) is 0 Å². The second kappa shape index (κ2) is 5.49. The fourth-order valence-electron chi connectivity index (χ4n) is 1.56. The summed E-state index contributed by atoms with van der Waals surface area (Å²) in [5.41, 5.74) is 5.35. The summed E-state index contributed by atoms with van der Waals surface area (Å²) in [6.07, 6.45) is 2.17. The lowest BCUT2D eigenvalue weighted by Gasteiger charge is -2.17. The van der Waals surface area contributed by atoms with E-state index in [1.807, 2.05) is 0 Å². The van der Waals surface area contributed by atoms with E-state index in [9.17, 15) is 0 Å². The van der Waals surface area contributed by atoms with Crippen LogP contribution in [0.1, 0.15) is 36.9 Å². The van der Waals surface area contributed by atoms with Crippen molar-refractivity contribution in [1.29, 1.82) is 0 Å². The van der Waals surface area contributed by atoms with Crippen LogP contribution in [0.5, 0.6) is 0 Å². The third kappa shape index (κ3) is 2.56. The van der Waals surface area contributed by atoms with Crippen LogP contribution < -0.4 is 11.3 Å². The standard InChI is InChI=1S/C11H17BrN2/c1-3-5-10(14-13)9-7-4-6-8(2)11(9)12/h4,6-7,10,14H,3,5,13H2,1-2H3. The van der Waals surface area contributed by atoms with Crippen LogP contribution in [-0.2, 0) is 0 Å². The Balaban J connectivity index is 2.97. The minimum Gasteiger partial charge on any atom is -0.271 e. The summed E-state index contributed by atoms with van der Waals surface area (Å²) in [5, 5.41) is 0. The molecular formula is C11H17BrN2. The van der Waals surface area contributed by atoms with Gasteiger partial charge in [-0.2, -0.15) is 0 Å². The number of nitrogens with two attached hydrogens (primary N) is 1. The third-order valence-corrected chi connectivity index (χ3v) is 3.46. The monoisotopic (exact) mass is 256 g/mol. The maximum atomic E-state index is 5.54. The largest absolute Gasteiger partial charge is 0.271 e. The van der Waals surface area contributed by atoms with E-state index in [-0.39, 0.29) is 6.04 Å². The molecule has 1 atom stereocenters. The third-order valence-electron chi connectivity index (χ3n) is 2.38. The first kappa shape index (κ1) is 11.7. The van der Waals surface area contributed by atoms with Gasteiger partial charge < -0.3 is 0 Å². The van der Waals surface area contributed by atoms with Crippen LogP contribution in [0.4, 0.5) is 0 Å². The van der Waals surface area contributed by atoms with Crippen LogP contribution in [0.2, 0.25) is 0 Å². The van der Waals surface area contributed by atoms with E-state index in [0.29, 0.717) is 0 Å². The van der Waals surface area contributed by atoms with Gasteiger partial charge in [-0.3, -0.25) is 11.3 Å². The van der Waals surface area contributed by atoms with Gasteiger partial charge in [-0.05, 0) is 24.5 Å². The van der Waals surface area contributed by atoms with E-state index in [0.717, 1.165) is 17.3 Å². The highest BCUT2D eigenvalue weighted by Crippen LogP contribution is 2.28. The highest BCUT2D eigenvalue weighted by Gasteiger charge is 2.12. The predicted octanol–water partition coefficient (Wildman–Crippen LogP) is 3.06. The van der Waals surface area contributed by atoms with Gasteiger partial charge in [-0.15, -0.1) is 0 Å². The highest BCUT2D eigenvalue weighted by atomic mass is 79.9. The molecule has 3 heteroatoms. The SMILES string of the molecule is CCCC(NN)c1cccc(C)c1Br. The maximum Gasteiger partial charge on any atom is 0.0471 e. The number of benzene rings is 1. The average molecular weight is 257 g/mol. The molecule has 3 N–H and O–H groups in total. The van der Waals surface area contributed by atoms with E-state index in [1.54, 1.807) is 0 Å². The van der Waals surface area contributed by atoms with Gasteiger partial charge in [-0.1, -0.05) is 47.5 Å². The van der Waals surface area contributed by atoms with Crippen molar-refractivity contribution in [2.24, 2.45) is 5.84 Å². The van der Waals surface area contributed by atoms with E-state index in [1.165, 1.54) is 11.1 Å². The summed E-state index contributed by atoms with van der Waals surface area (Å²) in [4.78, 5) is 0. The molecule has 0 aliphatic rings. The van der Waals surface area contributed by atoms with E-state index in [4.69, 9.17) is 5.84 Å². The molecule has 0 bridgehead atoms. The molecule has 0 spiro atoms. The van der Waals surface area contributed by atoms with Crippen LogP contribution in [0.3, 0.4) is 0 Å². The van der Waals surface area contributed by atoms with Gasteiger partial charge in [-0.25, -0.2) is 0 Å². The van der Waals surface area contributed by atoms with E-state index < -0.39 is 0 Å². The van der Waals surface area contributed by atoms with Gasteiger partial charge in [0, 0.05) is 10.5 Å². The number of nitrogens with one attached hydrogen (secondary N) is 1. The van der Waals surface area contributed by atoms with Crippen molar-refractivity contribution in [3.63, 3.8) is 0 Å². The molecule has 2 nitrogen and oxygen atoms in total. The minimum absolute atomic E-state index is 0.245. The van der Waals surface area contributed by atoms with E-state index in [2.05, 4.69) is 53.4 Å². The molecule has 0 fully saturated rings. The van der Waals surface area contributed by atoms with Gasteiger partial charge in [0.1, 0.15) is 0 Å². The molecule has 78 valence electrons. The molecule has 0 aliphatic heterocycles. The van der Waals surface area contributed by atoms with Crippen LogP contribution >= 0.6 is 15.9 Å². The van der Waals surface area contributed by atoms with Gasteiger partial charge >= 0.3 is 0 Å². The summed E-state index contributed by atoms with van der Waals surface area (Å²) < 4.78 is 1.16. The molecule has 0 aliphatic carbocycles. The summed E-state index contributed by atoms with van der Waals surface area (Å²) >= 11 is 3.60. The van der Waals surface area contributed by atoms with Crippen LogP contribution in [-0.4, -0.2) is 0 Å². The summed E-state index contributed by atoms with van der Waals surface area (Å²) in [7, 11) is 0. The van der Waals surface area contributed by atoms with Crippen molar-refractivity contribution in [2.75, 3.05) is 0 Å². The second-order valence-electron chi connectivity index (χ2n) is 3.49. The number of hydrogen-bond acceptors (Lipinski definition) is 2. The smallest absolute Gasteiger partial charge is 0.0471 e. The number of hydrazine groups is 1. The molecule has 1 aromatic carbocycles. The Morgan fingerprint density at radius 3 is 2.79 bits per heavy atom. The molecule has 0 aromatic heterocycles. The molecule has 0 radical (unpaired) electrons. The Kier molecular flexibility index (Phi) is 4.58. The normalized spacial score (nSPS) is 12.9. The molecule has 1 rings (SSSR count). The summed E-state index contributed by atoms with van der Waals surface area (Å²) in [5.74, 6) is 5.54. The Hall–Kier alpha value is -0.380. The zero-order chi connectivity index (χ0) is 10.6. The zero-order valence-corrected chi connectivity index (χ0v) is 10.3. The number of hydrogen-bond donors (Lipinski definition) is 2. The van der Waals surface area contributed by atoms with Crippen molar-refractivity contribution >= 4 is 15.9 Å². The molecule has 14 heavy (non-hydrogen) atoms. The first-order valence-electron chi connectivity index (χ1n) is 4.91. The van der Waals surface area contributed by atoms with Crippen molar-refractivity contribution in [3.8, 4) is 0 Å². The Labute approximate surface area is 94.0 Å². The summed E-state index contributed by atoms with van der Waals surface area (Å²) in [6, 6.07) is 6.51. The van der Waals surface area contributed by atoms with Crippen LogP contribution in [0.25, 0.3) is 0 Å². The lowest BCUT2D eigenvalue weighted by Crippen LogP contribution is -2.28. The average Bonchev–Trinajstić information content (AvgIpc) is 2.19. The Bertz CT molecular complexity index is 299. The Morgan fingerprint density at radius 1 is 1.50 bits per heavy atom. The lowest BCUT2D eigenvalue weighted by molar-refractivity contribution is 0.508. The van der Waals surface area contributed by atoms with Gasteiger partial charge in [0.2, 0.25) is 0 Å². The van der Waals surface area contributed by atoms with Crippen molar-refractivity contribution in [2.45, 2.75) is 32.7 Å². The fourth-order valence-corrected chi connectivity index (χ4v) is 2.10. The van der Waals surface area contributed by atoms with Gasteiger partial charge in [0.25, 0.3) is 0 Å². The van der Waals surface area contributed by atoms with Crippen molar-refractivity contribution in [1.82, 2.24) is 5.43 Å². The Morgan fingerprint density at radius 2 is 2.21 bits per heavy atom. The predicted molar refractivity (Wildman–Crippen MR) is 63.9 cm³/mol. The highest BCUT2D eigenvalue weighted by molar-refractivity contribution is 9.10. The van der Waals surface area contributed by atoms with Crippen molar-refractivity contribution < 1.29 is 0 Å². The molecule has 0 heterocycles. The molecular weight excluding hydrogens is 240 g/mol. The zero-order valence-electron chi connectivity index (χ0n) is 8.68. The maximum absolute atomic E-state index is 5.54. The number of aryl methyl sites for hydroxylation is 1. The second-order valence-corrected chi connectivity index (χ2v) is 4.28. The lowest BCUT2D eigenvalue weighted by atomic mass is 10.0. The molecule has 0 saturated carbocycles. The molecule has 0 saturated heterocycles. The van der Waals surface area contributed by atoms with Crippen LogP contribution in [0.15, 0.2) is 22.7 Å². The topological polar surface area (TPSA) is 38.0 Å². The fraction of sp³-hybridized carbons (Fsp3) is 0.455.